The van der Waals surface area contributed by atoms with Crippen LogP contribution in [0.2, 0.25) is 5.02 Å². The Bertz CT molecular complexity index is 650. The van der Waals surface area contributed by atoms with Gasteiger partial charge in [0.15, 0.2) is 6.10 Å². The topological polar surface area (TPSA) is 70.1 Å². The Hall–Kier alpha value is -1.86. The minimum absolute atomic E-state index is 0.0116. The number of hydrogen-bond acceptors (Lipinski definition) is 4. The average molecular weight is 387 g/mol. The zero-order chi connectivity index (χ0) is 19.3. The van der Waals surface area contributed by atoms with Gasteiger partial charge in [0.1, 0.15) is 11.6 Å². The minimum atomic E-state index is -0.844. The van der Waals surface area contributed by atoms with Crippen LogP contribution in [0, 0.1) is 5.82 Å². The van der Waals surface area contributed by atoms with Gasteiger partial charge >= 0.3 is 5.97 Å². The van der Waals surface area contributed by atoms with Gasteiger partial charge in [0, 0.05) is 19.1 Å². The van der Waals surface area contributed by atoms with E-state index in [2.05, 4.69) is 0 Å². The zero-order valence-electron chi connectivity index (χ0n) is 15.0. The van der Waals surface area contributed by atoms with Gasteiger partial charge in [0.05, 0.1) is 11.6 Å². The molecule has 1 aliphatic heterocycles. The van der Waals surface area contributed by atoms with E-state index in [0.717, 1.165) is 18.9 Å². The molecular weight excluding hydrogens is 363 g/mol. The summed E-state index contributed by atoms with van der Waals surface area (Å²) in [5.41, 5.74) is 0. The molecule has 0 aromatic heterocycles. The lowest BCUT2D eigenvalue weighted by atomic mass is 10.0. The number of piperidine rings is 1. The number of aliphatic carboxylic acids is 1. The number of carbonyl (C=O) groups excluding carboxylic acids is 1. The highest BCUT2D eigenvalue weighted by Gasteiger charge is 2.30. The molecule has 2 rings (SSSR count). The lowest BCUT2D eigenvalue weighted by molar-refractivity contribution is -0.142. The largest absolute Gasteiger partial charge is 0.480 e. The van der Waals surface area contributed by atoms with Gasteiger partial charge in [0.25, 0.3) is 5.91 Å². The fourth-order valence-electron chi connectivity index (χ4n) is 3.19. The van der Waals surface area contributed by atoms with Crippen LogP contribution in [0.5, 0.6) is 5.75 Å². The maximum Gasteiger partial charge on any atom is 0.317 e. The number of benzene rings is 1. The summed E-state index contributed by atoms with van der Waals surface area (Å²) in [5, 5.41) is 9.10. The molecule has 1 saturated heterocycles. The molecule has 1 fully saturated rings. The van der Waals surface area contributed by atoms with Crippen LogP contribution in [0.4, 0.5) is 4.39 Å². The van der Waals surface area contributed by atoms with E-state index in [1.54, 1.807) is 11.8 Å². The fourth-order valence-corrected chi connectivity index (χ4v) is 3.40. The van der Waals surface area contributed by atoms with Crippen LogP contribution in [0.1, 0.15) is 26.7 Å². The van der Waals surface area contributed by atoms with Gasteiger partial charge in [-0.15, -0.1) is 0 Å². The standard InChI is InChI=1S/C18H24ClFN2O4/c1-3-21(11-17(23)24)14-6-8-22(9-7-14)18(25)12(2)26-16-5-4-13(20)10-15(16)19/h4-5,10,12,14H,3,6-9,11H2,1-2H3,(H,23,24). The van der Waals surface area contributed by atoms with Gasteiger partial charge in [-0.1, -0.05) is 18.5 Å². The quantitative estimate of drug-likeness (QED) is 0.780. The summed E-state index contributed by atoms with van der Waals surface area (Å²) in [5.74, 6) is -1.21. The van der Waals surface area contributed by atoms with Crippen molar-refractivity contribution in [2.75, 3.05) is 26.2 Å². The maximum absolute atomic E-state index is 13.1. The molecular formula is C18H24ClFN2O4. The first-order valence-electron chi connectivity index (χ1n) is 8.68. The number of amides is 1. The second-order valence-electron chi connectivity index (χ2n) is 6.35. The first-order chi connectivity index (χ1) is 12.3. The third-order valence-electron chi connectivity index (χ3n) is 4.58. The van der Waals surface area contributed by atoms with Gasteiger partial charge in [-0.3, -0.25) is 14.5 Å². The van der Waals surface area contributed by atoms with E-state index in [-0.39, 0.29) is 29.3 Å². The SMILES string of the molecule is CCN(CC(=O)O)C1CCN(C(=O)C(C)Oc2ccc(F)cc2Cl)CC1. The third kappa shape index (κ3) is 5.32. The second-order valence-corrected chi connectivity index (χ2v) is 6.76. The van der Waals surface area contributed by atoms with Crippen molar-refractivity contribution in [3.05, 3.63) is 29.0 Å². The molecule has 26 heavy (non-hydrogen) atoms. The summed E-state index contributed by atoms with van der Waals surface area (Å²) in [4.78, 5) is 27.2. The van der Waals surface area contributed by atoms with E-state index in [0.29, 0.717) is 19.6 Å². The van der Waals surface area contributed by atoms with E-state index in [1.165, 1.54) is 12.1 Å². The lowest BCUT2D eigenvalue weighted by Crippen LogP contribution is -2.50. The summed E-state index contributed by atoms with van der Waals surface area (Å²) >= 11 is 5.93. The number of hydrogen-bond donors (Lipinski definition) is 1. The molecule has 0 aliphatic carbocycles. The van der Waals surface area contributed by atoms with Gasteiger partial charge in [-0.05, 0) is 44.5 Å². The highest BCUT2D eigenvalue weighted by atomic mass is 35.5. The number of nitrogens with zero attached hydrogens (tertiary/aromatic N) is 2. The number of carboxylic acid groups (broad SMARTS) is 1. The molecule has 1 N–H and O–H groups in total. The van der Waals surface area contributed by atoms with Crippen LogP contribution >= 0.6 is 11.6 Å². The van der Waals surface area contributed by atoms with Crippen molar-refractivity contribution in [1.29, 1.82) is 0 Å². The Morgan fingerprint density at radius 1 is 1.42 bits per heavy atom. The number of carboxylic acids is 1. The summed E-state index contributed by atoms with van der Waals surface area (Å²) in [7, 11) is 0. The average Bonchev–Trinajstić information content (AvgIpc) is 2.61. The van der Waals surface area contributed by atoms with E-state index in [9.17, 15) is 14.0 Å². The predicted octanol–water partition coefficient (Wildman–Crippen LogP) is 2.64. The Kier molecular flexibility index (Phi) is 7.23. The van der Waals surface area contributed by atoms with Crippen molar-refractivity contribution in [1.82, 2.24) is 9.80 Å². The number of carbonyl (C=O) groups is 2. The molecule has 1 unspecified atom stereocenters. The molecule has 144 valence electrons. The van der Waals surface area contributed by atoms with Crippen LogP contribution in [-0.2, 0) is 9.59 Å². The van der Waals surface area contributed by atoms with Crippen LogP contribution in [0.15, 0.2) is 18.2 Å². The van der Waals surface area contributed by atoms with Crippen molar-refractivity contribution >= 4 is 23.5 Å². The normalized spacial score (nSPS) is 16.6. The van der Waals surface area contributed by atoms with E-state index in [4.69, 9.17) is 21.4 Å². The molecule has 1 aromatic rings. The number of rotatable bonds is 7. The molecule has 1 aromatic carbocycles. The Morgan fingerprint density at radius 2 is 2.08 bits per heavy atom. The monoisotopic (exact) mass is 386 g/mol. The molecule has 0 spiro atoms. The molecule has 0 bridgehead atoms. The number of likely N-dealkylation sites (tertiary alicyclic amines) is 1. The Labute approximate surface area is 157 Å². The molecule has 0 radical (unpaired) electrons. The van der Waals surface area contributed by atoms with Gasteiger partial charge in [-0.2, -0.15) is 0 Å². The van der Waals surface area contributed by atoms with Crippen LogP contribution in [-0.4, -0.2) is 65.1 Å². The van der Waals surface area contributed by atoms with Gasteiger partial charge in [-0.25, -0.2) is 4.39 Å². The summed E-state index contributed by atoms with van der Waals surface area (Å²) in [6, 6.07) is 3.93. The summed E-state index contributed by atoms with van der Waals surface area (Å²) in [6.07, 6.45) is 0.698. The molecule has 0 saturated carbocycles. The Balaban J connectivity index is 1.89. The number of likely N-dealkylation sites (N-methyl/N-ethyl adjacent to an activating group) is 1. The number of ether oxygens (including phenoxy) is 1. The van der Waals surface area contributed by atoms with Crippen molar-refractivity contribution in [3.8, 4) is 5.75 Å². The fraction of sp³-hybridized carbons (Fsp3) is 0.556. The van der Waals surface area contributed by atoms with E-state index >= 15 is 0 Å². The van der Waals surface area contributed by atoms with Crippen LogP contribution < -0.4 is 4.74 Å². The predicted molar refractivity (Wildman–Crippen MR) is 96.0 cm³/mol. The zero-order valence-corrected chi connectivity index (χ0v) is 15.7. The first-order valence-corrected chi connectivity index (χ1v) is 9.06. The molecule has 1 atom stereocenters. The first kappa shape index (κ1) is 20.5. The smallest absolute Gasteiger partial charge is 0.317 e. The highest BCUT2D eigenvalue weighted by molar-refractivity contribution is 6.32. The van der Waals surface area contributed by atoms with Crippen molar-refractivity contribution in [2.45, 2.75) is 38.8 Å². The van der Waals surface area contributed by atoms with E-state index in [1.807, 2.05) is 11.8 Å². The molecule has 1 amide bonds. The molecule has 1 heterocycles. The van der Waals surface area contributed by atoms with E-state index < -0.39 is 17.9 Å². The Morgan fingerprint density at radius 3 is 2.62 bits per heavy atom. The second kappa shape index (κ2) is 9.19. The highest BCUT2D eigenvalue weighted by Crippen LogP contribution is 2.26. The third-order valence-corrected chi connectivity index (χ3v) is 4.88. The molecule has 6 nitrogen and oxygen atoms in total. The number of halogens is 2. The summed E-state index contributed by atoms with van der Waals surface area (Å²) < 4.78 is 18.7. The van der Waals surface area contributed by atoms with Gasteiger partial charge < -0.3 is 14.7 Å². The van der Waals surface area contributed by atoms with Crippen molar-refractivity contribution < 1.29 is 23.8 Å². The van der Waals surface area contributed by atoms with Crippen LogP contribution in [0.25, 0.3) is 0 Å². The van der Waals surface area contributed by atoms with Crippen molar-refractivity contribution in [2.24, 2.45) is 0 Å². The lowest BCUT2D eigenvalue weighted by Gasteiger charge is -2.38. The molecule has 8 heteroatoms. The van der Waals surface area contributed by atoms with Gasteiger partial charge in [0.2, 0.25) is 0 Å². The van der Waals surface area contributed by atoms with Crippen molar-refractivity contribution in [3.63, 3.8) is 0 Å². The summed E-state index contributed by atoms with van der Waals surface area (Å²) in [6.45, 7) is 5.33. The van der Waals surface area contributed by atoms with Crippen LogP contribution in [0.3, 0.4) is 0 Å². The maximum atomic E-state index is 13.1. The molecule has 1 aliphatic rings. The minimum Gasteiger partial charge on any atom is -0.480 e.